The third kappa shape index (κ3) is 2.48. The second kappa shape index (κ2) is 6.80. The summed E-state index contributed by atoms with van der Waals surface area (Å²) in [5.74, 6) is 0.501. The molecule has 0 amide bonds. The molecule has 3 aromatic heterocycles. The summed E-state index contributed by atoms with van der Waals surface area (Å²) in [4.78, 5) is 0. The Kier molecular flexibility index (Phi) is 3.91. The van der Waals surface area contributed by atoms with Crippen LogP contribution in [0.5, 0.6) is 0 Å². The van der Waals surface area contributed by atoms with E-state index in [1.54, 1.807) is 0 Å². The van der Waals surface area contributed by atoms with Gasteiger partial charge in [0, 0.05) is 16.8 Å². The zero-order valence-corrected chi connectivity index (χ0v) is 20.1. The van der Waals surface area contributed by atoms with Crippen LogP contribution in [0.15, 0.2) is 85.1 Å². The van der Waals surface area contributed by atoms with Crippen molar-refractivity contribution in [1.82, 2.24) is 4.40 Å². The van der Waals surface area contributed by atoms with E-state index >= 15 is 0 Å². The molecule has 7 aromatic rings. The molecule has 0 spiro atoms. The van der Waals surface area contributed by atoms with Gasteiger partial charge in [-0.15, -0.1) is 0 Å². The second-order valence-corrected chi connectivity index (χ2v) is 10.0. The predicted molar refractivity (Wildman–Crippen MR) is 144 cm³/mol. The average molecular weight is 440 g/mol. The first-order chi connectivity index (χ1) is 16.5. The van der Waals surface area contributed by atoms with Crippen molar-refractivity contribution in [1.29, 1.82) is 0 Å². The van der Waals surface area contributed by atoms with Crippen LogP contribution in [0.25, 0.3) is 60.1 Å². The summed E-state index contributed by atoms with van der Waals surface area (Å²) in [6.45, 7) is 6.80. The molecule has 0 saturated carbocycles. The van der Waals surface area contributed by atoms with Gasteiger partial charge in [-0.05, 0) is 64.7 Å². The van der Waals surface area contributed by atoms with Crippen LogP contribution >= 0.6 is 0 Å². The summed E-state index contributed by atoms with van der Waals surface area (Å²) in [6.07, 6.45) is 2.21. The third-order valence-corrected chi connectivity index (χ3v) is 7.63. The molecular weight excluding hydrogens is 412 g/mol. The van der Waals surface area contributed by atoms with Crippen LogP contribution in [-0.4, -0.2) is 4.40 Å². The number of pyridine rings is 2. The lowest BCUT2D eigenvalue weighted by Crippen LogP contribution is -2.28. The van der Waals surface area contributed by atoms with Crippen LogP contribution in [0, 0.1) is 6.92 Å². The monoisotopic (exact) mass is 439 g/mol. The van der Waals surface area contributed by atoms with Gasteiger partial charge in [0.1, 0.15) is 7.05 Å². The van der Waals surface area contributed by atoms with Gasteiger partial charge >= 0.3 is 0 Å². The van der Waals surface area contributed by atoms with Gasteiger partial charge in [-0.1, -0.05) is 62.4 Å². The first kappa shape index (κ1) is 19.5. The van der Waals surface area contributed by atoms with Gasteiger partial charge in [-0.2, -0.15) is 0 Å². The first-order valence-electron chi connectivity index (χ1n) is 12.1. The van der Waals surface area contributed by atoms with Gasteiger partial charge in [0.05, 0.1) is 27.3 Å². The van der Waals surface area contributed by atoms with Crippen molar-refractivity contribution in [2.45, 2.75) is 26.7 Å². The van der Waals surface area contributed by atoms with Crippen molar-refractivity contribution in [3.05, 3.63) is 96.2 Å². The summed E-state index contributed by atoms with van der Waals surface area (Å²) in [7, 11) is 2.18. The van der Waals surface area contributed by atoms with Crippen LogP contribution < -0.4 is 4.57 Å². The molecule has 0 aliphatic heterocycles. The minimum atomic E-state index is 0.501. The van der Waals surface area contributed by atoms with Gasteiger partial charge in [-0.25, -0.2) is 4.57 Å². The normalized spacial score (nSPS) is 12.4. The summed E-state index contributed by atoms with van der Waals surface area (Å²) >= 11 is 0. The summed E-state index contributed by atoms with van der Waals surface area (Å²) in [5, 5.41) is 6.65. The fourth-order valence-corrected chi connectivity index (χ4v) is 5.89. The van der Waals surface area contributed by atoms with E-state index in [4.69, 9.17) is 0 Å². The molecular formula is C32H27N2+. The molecule has 0 atom stereocenters. The molecule has 0 aliphatic carbocycles. The average Bonchev–Trinajstić information content (AvgIpc) is 3.19. The van der Waals surface area contributed by atoms with Crippen LogP contribution in [0.1, 0.15) is 30.9 Å². The highest BCUT2D eigenvalue weighted by molar-refractivity contribution is 6.26. The Balaban J connectivity index is 1.80. The van der Waals surface area contributed by atoms with Crippen LogP contribution in [0.3, 0.4) is 0 Å². The van der Waals surface area contributed by atoms with Crippen LogP contribution in [-0.2, 0) is 7.05 Å². The SMILES string of the molecule is Cc1ccc2c3cc(C(C)C)ccc3n3c4cc(-c5ccccc5)cc5cc[n+](C)c(c1c23)c54. The first-order valence-corrected chi connectivity index (χ1v) is 12.1. The molecule has 0 aliphatic rings. The number of nitrogens with zero attached hydrogens (tertiary/aromatic N) is 2. The van der Waals surface area contributed by atoms with E-state index in [0.717, 1.165) is 0 Å². The van der Waals surface area contributed by atoms with Gasteiger partial charge in [-0.3, -0.25) is 0 Å². The third-order valence-electron chi connectivity index (χ3n) is 7.63. The molecule has 3 heterocycles. The fraction of sp³-hybridized carbons (Fsp3) is 0.156. The van der Waals surface area contributed by atoms with Crippen LogP contribution in [0.4, 0.5) is 0 Å². The predicted octanol–water partition coefficient (Wildman–Crippen LogP) is 7.91. The molecule has 0 unspecified atom stereocenters. The largest absolute Gasteiger partial charge is 0.307 e. The van der Waals surface area contributed by atoms with Gasteiger partial charge in [0.15, 0.2) is 6.20 Å². The summed E-state index contributed by atoms with van der Waals surface area (Å²) in [5.41, 5.74) is 10.4. The van der Waals surface area contributed by atoms with Crippen LogP contribution in [0.2, 0.25) is 0 Å². The van der Waals surface area contributed by atoms with Crippen molar-refractivity contribution < 1.29 is 4.57 Å². The summed E-state index contributed by atoms with van der Waals surface area (Å²) in [6, 6.07) is 29.4. The number of aryl methyl sites for hydroxylation is 2. The Bertz CT molecular complexity index is 1890. The molecule has 0 N–H and O–H groups in total. The highest BCUT2D eigenvalue weighted by atomic mass is 15.0. The number of hydrogen-bond donors (Lipinski definition) is 0. The molecule has 7 rings (SSSR count). The lowest BCUT2D eigenvalue weighted by molar-refractivity contribution is -0.643. The minimum absolute atomic E-state index is 0.501. The molecule has 2 nitrogen and oxygen atoms in total. The van der Waals surface area contributed by atoms with Gasteiger partial charge < -0.3 is 4.40 Å². The molecule has 34 heavy (non-hydrogen) atoms. The minimum Gasteiger partial charge on any atom is -0.307 e. The lowest BCUT2D eigenvalue weighted by atomic mass is 9.96. The highest BCUT2D eigenvalue weighted by Gasteiger charge is 2.24. The van der Waals surface area contributed by atoms with E-state index in [-0.39, 0.29) is 0 Å². The van der Waals surface area contributed by atoms with Gasteiger partial charge in [0.2, 0.25) is 5.52 Å². The molecule has 164 valence electrons. The fourth-order valence-electron chi connectivity index (χ4n) is 5.89. The number of benzene rings is 4. The Hall–Kier alpha value is -3.91. The Morgan fingerprint density at radius 2 is 1.56 bits per heavy atom. The topological polar surface area (TPSA) is 8.29 Å². The molecule has 0 fully saturated rings. The van der Waals surface area contributed by atoms with E-state index in [0.29, 0.717) is 5.92 Å². The number of aromatic nitrogens is 2. The molecule has 0 radical (unpaired) electrons. The van der Waals surface area contributed by atoms with Crippen molar-refractivity contribution >= 4 is 49.0 Å². The van der Waals surface area contributed by atoms with Crippen molar-refractivity contribution in [2.24, 2.45) is 7.05 Å². The molecule has 4 aromatic carbocycles. The van der Waals surface area contributed by atoms with Crippen molar-refractivity contribution in [3.63, 3.8) is 0 Å². The van der Waals surface area contributed by atoms with Crippen molar-refractivity contribution in [3.8, 4) is 11.1 Å². The smallest absolute Gasteiger partial charge is 0.224 e. The number of fused-ring (bicyclic) bond motifs is 5. The highest BCUT2D eigenvalue weighted by Crippen LogP contribution is 2.42. The van der Waals surface area contributed by atoms with E-state index in [1.165, 1.54) is 71.3 Å². The molecule has 2 heteroatoms. The molecule has 0 bridgehead atoms. The summed E-state index contributed by atoms with van der Waals surface area (Å²) < 4.78 is 4.83. The Morgan fingerprint density at radius 1 is 0.735 bits per heavy atom. The van der Waals surface area contributed by atoms with E-state index < -0.39 is 0 Å². The van der Waals surface area contributed by atoms with Gasteiger partial charge in [0.25, 0.3) is 0 Å². The standard InChI is InChI=1S/C32H27N2/c1-19(2)22-11-13-27-26(17-22)25-12-10-20(3)29-31(25)34(27)28-18-24(21-8-6-5-7-9-21)16-23-14-15-33(4)32(29)30(23)28/h5-19H,1-4H3/q+1. The molecule has 0 saturated heterocycles. The Morgan fingerprint density at radius 3 is 2.35 bits per heavy atom. The number of hydrogen-bond acceptors (Lipinski definition) is 0. The number of rotatable bonds is 2. The van der Waals surface area contributed by atoms with Crippen molar-refractivity contribution in [2.75, 3.05) is 0 Å². The zero-order valence-electron chi connectivity index (χ0n) is 20.1. The van der Waals surface area contributed by atoms with E-state index in [1.807, 2.05) is 0 Å². The lowest BCUT2D eigenvalue weighted by Gasteiger charge is -2.14. The maximum Gasteiger partial charge on any atom is 0.224 e. The maximum absolute atomic E-state index is 2.53. The maximum atomic E-state index is 2.53. The Labute approximate surface area is 199 Å². The second-order valence-electron chi connectivity index (χ2n) is 10.0. The zero-order chi connectivity index (χ0) is 23.1. The quantitative estimate of drug-likeness (QED) is 0.147. The van der Waals surface area contributed by atoms with E-state index in [9.17, 15) is 0 Å². The van der Waals surface area contributed by atoms with E-state index in [2.05, 4.69) is 122 Å².